The lowest BCUT2D eigenvalue weighted by Gasteiger charge is -2.16. The molecule has 5 N–H and O–H groups in total. The van der Waals surface area contributed by atoms with Gasteiger partial charge in [0.05, 0.1) is 12.2 Å². The van der Waals surface area contributed by atoms with Crippen molar-refractivity contribution < 1.29 is 19.2 Å². The Hall–Kier alpha value is -4.41. The van der Waals surface area contributed by atoms with Crippen LogP contribution in [0.25, 0.3) is 5.69 Å². The Morgan fingerprint density at radius 2 is 1.81 bits per heavy atom. The number of hydrogen-bond donors (Lipinski definition) is 4. The van der Waals surface area contributed by atoms with Gasteiger partial charge in [-0.15, -0.1) is 4.74 Å². The van der Waals surface area contributed by atoms with E-state index in [1.54, 1.807) is 24.3 Å². The Balaban J connectivity index is 2.04. The van der Waals surface area contributed by atoms with Crippen LogP contribution < -0.4 is 22.5 Å². The van der Waals surface area contributed by atoms with Gasteiger partial charge in [-0.05, 0) is 11.6 Å². The summed E-state index contributed by atoms with van der Waals surface area (Å²) < 4.78 is 6.60. The minimum absolute atomic E-state index is 0.0203. The number of nitrogen functional groups attached to an aromatic ring is 1. The number of aromatic nitrogens is 2. The molecular weight excluding hydrogens is 406 g/mol. The second-order valence-electron chi connectivity index (χ2n) is 6.65. The summed E-state index contributed by atoms with van der Waals surface area (Å²) in [5, 5.41) is 19.2. The van der Waals surface area contributed by atoms with E-state index in [4.69, 9.17) is 15.7 Å². The third kappa shape index (κ3) is 4.45. The van der Waals surface area contributed by atoms with Crippen molar-refractivity contribution in [1.29, 1.82) is 5.41 Å². The Kier molecular flexibility index (Phi) is 5.86. The third-order valence-electron chi connectivity index (χ3n) is 4.45. The van der Waals surface area contributed by atoms with Crippen LogP contribution >= 0.6 is 0 Å². The van der Waals surface area contributed by atoms with E-state index in [-0.39, 0.29) is 23.6 Å². The van der Waals surface area contributed by atoms with E-state index in [9.17, 15) is 24.3 Å². The number of amidine groups is 1. The van der Waals surface area contributed by atoms with E-state index in [0.717, 1.165) is 11.7 Å². The average Bonchev–Trinajstić information content (AvgIpc) is 2.99. The first-order valence-corrected chi connectivity index (χ1v) is 9.04. The van der Waals surface area contributed by atoms with Crippen LogP contribution in [-0.4, -0.2) is 32.1 Å². The standard InChI is InChI=1S/C20H19N5O6/c1-11(26)23-16(18(27)28)14-4-2-3-5-15(14)25-19(29)24(31-20(25)30)10-12-6-8-13(9-7-12)17(21)22/h2-9,16H,10H2,1H3,(H3,21,22)(H,23,26)(H,27,28)/t16-/m0/s1. The van der Waals surface area contributed by atoms with Gasteiger partial charge >= 0.3 is 17.4 Å². The van der Waals surface area contributed by atoms with Gasteiger partial charge in [-0.2, -0.15) is 4.57 Å². The number of nitrogens with zero attached hydrogens (tertiary/aromatic N) is 2. The van der Waals surface area contributed by atoms with Gasteiger partial charge in [-0.1, -0.05) is 42.5 Å². The Bertz CT molecular complexity index is 1270. The molecule has 0 unspecified atom stereocenters. The summed E-state index contributed by atoms with van der Waals surface area (Å²) in [6.07, 6.45) is 0. The molecule has 0 aliphatic heterocycles. The summed E-state index contributed by atoms with van der Waals surface area (Å²) >= 11 is 0. The molecule has 0 aliphatic carbocycles. The first-order chi connectivity index (χ1) is 14.7. The second-order valence-corrected chi connectivity index (χ2v) is 6.65. The molecule has 0 saturated carbocycles. The number of rotatable bonds is 7. The van der Waals surface area contributed by atoms with E-state index in [2.05, 4.69) is 5.32 Å². The Morgan fingerprint density at radius 1 is 1.16 bits per heavy atom. The molecule has 0 aliphatic rings. The highest BCUT2D eigenvalue weighted by Crippen LogP contribution is 2.20. The smallest absolute Gasteiger partial charge is 0.447 e. The molecule has 0 spiro atoms. The molecule has 0 bridgehead atoms. The van der Waals surface area contributed by atoms with Crippen LogP contribution in [0.5, 0.6) is 0 Å². The molecule has 160 valence electrons. The number of hydrogen-bond acceptors (Lipinski definition) is 6. The molecule has 1 amide bonds. The van der Waals surface area contributed by atoms with Crippen LogP contribution in [0.3, 0.4) is 0 Å². The number of carboxylic acids is 1. The molecule has 1 aromatic heterocycles. The summed E-state index contributed by atoms with van der Waals surface area (Å²) in [5.74, 6) is -3.06. The minimum atomic E-state index is -1.47. The van der Waals surface area contributed by atoms with Crippen LogP contribution in [0.1, 0.15) is 29.7 Å². The van der Waals surface area contributed by atoms with E-state index in [1.165, 1.54) is 24.3 Å². The van der Waals surface area contributed by atoms with Crippen molar-refractivity contribution in [3.05, 3.63) is 86.3 Å². The van der Waals surface area contributed by atoms with Crippen LogP contribution in [0.4, 0.5) is 0 Å². The van der Waals surface area contributed by atoms with Gasteiger partial charge in [-0.25, -0.2) is 14.4 Å². The number of benzene rings is 2. The molecule has 31 heavy (non-hydrogen) atoms. The summed E-state index contributed by atoms with van der Waals surface area (Å²) in [5.41, 5.74) is 5.74. The number of carbonyl (C=O) groups excluding carboxylic acids is 1. The first-order valence-electron chi connectivity index (χ1n) is 9.04. The second kappa shape index (κ2) is 8.53. The minimum Gasteiger partial charge on any atom is -0.479 e. The molecule has 0 saturated heterocycles. The molecule has 0 radical (unpaired) electrons. The van der Waals surface area contributed by atoms with Crippen molar-refractivity contribution >= 4 is 17.7 Å². The van der Waals surface area contributed by atoms with Gasteiger partial charge in [0.1, 0.15) is 5.84 Å². The fourth-order valence-electron chi connectivity index (χ4n) is 3.03. The maximum Gasteiger partial charge on any atom is 0.447 e. The quantitative estimate of drug-likeness (QED) is 0.309. The third-order valence-corrected chi connectivity index (χ3v) is 4.45. The number of nitrogens with two attached hydrogens (primary N) is 1. The average molecular weight is 425 g/mol. The molecule has 3 aromatic rings. The van der Waals surface area contributed by atoms with Crippen LogP contribution in [0, 0.1) is 5.41 Å². The Labute approximate surface area is 174 Å². The number of aliphatic carboxylic acids is 1. The lowest BCUT2D eigenvalue weighted by molar-refractivity contribution is -0.141. The van der Waals surface area contributed by atoms with Crippen molar-refractivity contribution in [1.82, 2.24) is 14.6 Å². The van der Waals surface area contributed by atoms with Gasteiger partial charge in [0.25, 0.3) is 0 Å². The normalized spacial score (nSPS) is 11.6. The van der Waals surface area contributed by atoms with Crippen LogP contribution in [0.15, 0.2) is 62.6 Å². The molecular formula is C20H19N5O6. The van der Waals surface area contributed by atoms with Gasteiger partial charge in [0, 0.05) is 18.1 Å². The lowest BCUT2D eigenvalue weighted by Crippen LogP contribution is -2.35. The molecule has 0 fully saturated rings. The summed E-state index contributed by atoms with van der Waals surface area (Å²) in [6.45, 7) is 1.09. The predicted molar refractivity (Wildman–Crippen MR) is 109 cm³/mol. The first kappa shape index (κ1) is 21.3. The summed E-state index contributed by atoms with van der Waals surface area (Å²) in [4.78, 5) is 48.5. The monoisotopic (exact) mass is 425 g/mol. The fraction of sp³-hybridized carbons (Fsp3) is 0.150. The predicted octanol–water partition coefficient (Wildman–Crippen LogP) is 0.186. The van der Waals surface area contributed by atoms with E-state index < -0.39 is 29.4 Å². The van der Waals surface area contributed by atoms with Gasteiger partial charge < -0.3 is 20.7 Å². The van der Waals surface area contributed by atoms with Crippen molar-refractivity contribution in [2.75, 3.05) is 0 Å². The van der Waals surface area contributed by atoms with Crippen molar-refractivity contribution in [2.45, 2.75) is 19.5 Å². The van der Waals surface area contributed by atoms with Crippen LogP contribution in [-0.2, 0) is 16.1 Å². The highest BCUT2D eigenvalue weighted by molar-refractivity contribution is 5.94. The SMILES string of the molecule is CC(=O)N[C@H](C(=O)O)c1ccccc1-n1c(=O)on(Cc2ccc(C(=N)N)cc2)c1=O. The fourth-order valence-corrected chi connectivity index (χ4v) is 3.03. The molecule has 3 rings (SSSR count). The number of nitrogens with one attached hydrogen (secondary N) is 2. The largest absolute Gasteiger partial charge is 0.479 e. The van der Waals surface area contributed by atoms with E-state index in [0.29, 0.717) is 15.7 Å². The van der Waals surface area contributed by atoms with Gasteiger partial charge in [0.15, 0.2) is 6.04 Å². The van der Waals surface area contributed by atoms with E-state index >= 15 is 0 Å². The molecule has 2 aromatic carbocycles. The zero-order valence-electron chi connectivity index (χ0n) is 16.4. The molecule has 1 atom stereocenters. The van der Waals surface area contributed by atoms with Gasteiger partial charge in [-0.3, -0.25) is 10.2 Å². The number of carboxylic acid groups (broad SMARTS) is 1. The zero-order valence-corrected chi connectivity index (χ0v) is 16.4. The summed E-state index contributed by atoms with van der Waals surface area (Å²) in [7, 11) is 0. The topological polar surface area (TPSA) is 173 Å². The number of amides is 1. The maximum atomic E-state index is 12.9. The van der Waals surface area contributed by atoms with Crippen molar-refractivity contribution in [2.24, 2.45) is 5.73 Å². The lowest BCUT2D eigenvalue weighted by atomic mass is 10.0. The molecule has 11 nitrogen and oxygen atoms in total. The molecule has 1 heterocycles. The number of para-hydroxylation sites is 1. The van der Waals surface area contributed by atoms with Crippen molar-refractivity contribution in [3.63, 3.8) is 0 Å². The highest BCUT2D eigenvalue weighted by Gasteiger charge is 2.26. The number of carbonyl (C=O) groups is 2. The summed E-state index contributed by atoms with van der Waals surface area (Å²) in [6, 6.07) is 10.8. The van der Waals surface area contributed by atoms with E-state index in [1.807, 2.05) is 0 Å². The molecule has 11 heteroatoms. The zero-order chi connectivity index (χ0) is 22.7. The van der Waals surface area contributed by atoms with Crippen LogP contribution in [0.2, 0.25) is 0 Å². The van der Waals surface area contributed by atoms with Gasteiger partial charge in [0.2, 0.25) is 5.91 Å². The Morgan fingerprint density at radius 3 is 2.39 bits per heavy atom. The maximum absolute atomic E-state index is 12.9. The van der Waals surface area contributed by atoms with Crippen molar-refractivity contribution in [3.8, 4) is 5.69 Å². The highest BCUT2D eigenvalue weighted by atomic mass is 16.5.